The van der Waals surface area contributed by atoms with Gasteiger partial charge in [-0.25, -0.2) is 13.2 Å². The van der Waals surface area contributed by atoms with Crippen LogP contribution in [0.5, 0.6) is 0 Å². The zero-order chi connectivity index (χ0) is 15.3. The van der Waals surface area contributed by atoms with Crippen LogP contribution in [-0.2, 0) is 9.84 Å². The van der Waals surface area contributed by atoms with Gasteiger partial charge in [-0.1, -0.05) is 6.92 Å². The predicted molar refractivity (Wildman–Crippen MR) is 74.7 cm³/mol. The van der Waals surface area contributed by atoms with Crippen LogP contribution in [0.25, 0.3) is 0 Å². The first-order valence-corrected chi connectivity index (χ1v) is 7.92. The van der Waals surface area contributed by atoms with Gasteiger partial charge in [0.15, 0.2) is 9.84 Å². The largest absolute Gasteiger partial charge is 0.478 e. The molecule has 0 aromatic heterocycles. The number of carboxylic acid groups (broad SMARTS) is 1. The number of carboxylic acids is 1. The van der Waals surface area contributed by atoms with Crippen molar-refractivity contribution in [3.05, 3.63) is 35.4 Å². The van der Waals surface area contributed by atoms with Crippen molar-refractivity contribution in [1.82, 2.24) is 5.32 Å². The van der Waals surface area contributed by atoms with E-state index in [1.807, 2.05) is 0 Å². The minimum atomic E-state index is -3.16. The third kappa shape index (κ3) is 4.65. The van der Waals surface area contributed by atoms with Gasteiger partial charge in [0.05, 0.1) is 11.3 Å². The molecule has 1 atom stereocenters. The van der Waals surface area contributed by atoms with Gasteiger partial charge in [0.1, 0.15) is 0 Å². The normalized spacial score (nSPS) is 12.7. The maximum absolute atomic E-state index is 11.9. The standard InChI is InChI=1S/C13H17NO5S/c1-3-20(18,19)8-9(2)14-12(15)10-4-6-11(7-5-10)13(16)17/h4-7,9H,3,8H2,1-2H3,(H,14,15)(H,16,17). The maximum atomic E-state index is 11.9. The van der Waals surface area contributed by atoms with E-state index in [0.717, 1.165) is 0 Å². The van der Waals surface area contributed by atoms with E-state index in [2.05, 4.69) is 5.32 Å². The number of aromatic carboxylic acids is 1. The van der Waals surface area contributed by atoms with E-state index in [-0.39, 0.29) is 22.6 Å². The minimum absolute atomic E-state index is 0.0283. The second kappa shape index (κ2) is 6.51. The summed E-state index contributed by atoms with van der Waals surface area (Å²) in [4.78, 5) is 22.5. The Morgan fingerprint density at radius 1 is 1.20 bits per heavy atom. The fraction of sp³-hybridized carbons (Fsp3) is 0.385. The Morgan fingerprint density at radius 3 is 2.15 bits per heavy atom. The molecule has 0 aliphatic carbocycles. The molecule has 0 spiro atoms. The van der Waals surface area contributed by atoms with Crippen LogP contribution in [0.1, 0.15) is 34.6 Å². The summed E-state index contributed by atoms with van der Waals surface area (Å²) in [6, 6.07) is 4.92. The molecule has 0 saturated heterocycles. The van der Waals surface area contributed by atoms with Gasteiger partial charge in [-0.05, 0) is 31.2 Å². The Morgan fingerprint density at radius 2 is 1.70 bits per heavy atom. The topological polar surface area (TPSA) is 101 Å². The fourth-order valence-corrected chi connectivity index (χ4v) is 2.69. The van der Waals surface area contributed by atoms with Gasteiger partial charge >= 0.3 is 5.97 Å². The molecule has 1 rings (SSSR count). The molecule has 0 fully saturated rings. The van der Waals surface area contributed by atoms with E-state index < -0.39 is 27.8 Å². The Hall–Kier alpha value is -1.89. The Kier molecular flexibility index (Phi) is 5.26. The number of carbonyl (C=O) groups is 2. The summed E-state index contributed by atoms with van der Waals surface area (Å²) in [6.07, 6.45) is 0. The van der Waals surface area contributed by atoms with Crippen LogP contribution in [0.15, 0.2) is 24.3 Å². The van der Waals surface area contributed by atoms with E-state index in [4.69, 9.17) is 5.11 Å². The second-order valence-electron chi connectivity index (χ2n) is 4.46. The average molecular weight is 299 g/mol. The number of amides is 1. The van der Waals surface area contributed by atoms with Gasteiger partial charge in [-0.2, -0.15) is 0 Å². The van der Waals surface area contributed by atoms with Crippen molar-refractivity contribution in [3.8, 4) is 0 Å². The van der Waals surface area contributed by atoms with Crippen LogP contribution in [0.2, 0.25) is 0 Å². The molecule has 0 aliphatic rings. The lowest BCUT2D eigenvalue weighted by atomic mass is 10.1. The number of nitrogens with one attached hydrogen (secondary N) is 1. The second-order valence-corrected chi connectivity index (χ2v) is 6.85. The first-order chi connectivity index (χ1) is 9.25. The molecular formula is C13H17NO5S. The highest BCUT2D eigenvalue weighted by Crippen LogP contribution is 2.05. The number of benzene rings is 1. The van der Waals surface area contributed by atoms with E-state index in [1.165, 1.54) is 24.3 Å². The summed E-state index contributed by atoms with van der Waals surface area (Å²) < 4.78 is 22.9. The van der Waals surface area contributed by atoms with Gasteiger partial charge in [-0.3, -0.25) is 4.79 Å². The molecule has 1 aromatic carbocycles. The molecule has 0 heterocycles. The highest BCUT2D eigenvalue weighted by molar-refractivity contribution is 7.91. The molecule has 1 amide bonds. The van der Waals surface area contributed by atoms with Crippen LogP contribution in [-0.4, -0.2) is 42.9 Å². The van der Waals surface area contributed by atoms with Crippen molar-refractivity contribution in [2.45, 2.75) is 19.9 Å². The molecule has 1 unspecified atom stereocenters. The molecule has 0 radical (unpaired) electrons. The highest BCUT2D eigenvalue weighted by atomic mass is 32.2. The molecule has 2 N–H and O–H groups in total. The first kappa shape index (κ1) is 16.2. The molecule has 0 aliphatic heterocycles. The van der Waals surface area contributed by atoms with Crippen LogP contribution in [0.4, 0.5) is 0 Å². The number of hydrogen-bond acceptors (Lipinski definition) is 4. The number of carbonyl (C=O) groups excluding carboxylic acids is 1. The van der Waals surface area contributed by atoms with Crippen molar-refractivity contribution in [2.24, 2.45) is 0 Å². The third-order valence-electron chi connectivity index (χ3n) is 2.72. The molecule has 0 saturated carbocycles. The highest BCUT2D eigenvalue weighted by Gasteiger charge is 2.16. The van der Waals surface area contributed by atoms with Crippen LogP contribution in [0, 0.1) is 0 Å². The molecule has 110 valence electrons. The third-order valence-corrected chi connectivity index (χ3v) is 4.60. The SMILES string of the molecule is CCS(=O)(=O)CC(C)NC(=O)c1ccc(C(=O)O)cc1. The minimum Gasteiger partial charge on any atom is -0.478 e. The lowest BCUT2D eigenvalue weighted by Crippen LogP contribution is -2.37. The van der Waals surface area contributed by atoms with E-state index in [1.54, 1.807) is 13.8 Å². The van der Waals surface area contributed by atoms with E-state index in [0.29, 0.717) is 0 Å². The summed E-state index contributed by atoms with van der Waals surface area (Å²) in [6.45, 7) is 3.16. The zero-order valence-electron chi connectivity index (χ0n) is 11.3. The van der Waals surface area contributed by atoms with Crippen molar-refractivity contribution in [2.75, 3.05) is 11.5 Å². The lowest BCUT2D eigenvalue weighted by Gasteiger charge is -2.13. The van der Waals surface area contributed by atoms with Crippen molar-refractivity contribution < 1.29 is 23.1 Å². The van der Waals surface area contributed by atoms with E-state index >= 15 is 0 Å². The van der Waals surface area contributed by atoms with E-state index in [9.17, 15) is 18.0 Å². The van der Waals surface area contributed by atoms with Crippen LogP contribution < -0.4 is 5.32 Å². The molecule has 0 bridgehead atoms. The summed E-state index contributed by atoms with van der Waals surface area (Å²) >= 11 is 0. The number of sulfone groups is 1. The van der Waals surface area contributed by atoms with Gasteiger partial charge in [-0.15, -0.1) is 0 Å². The van der Waals surface area contributed by atoms with Crippen molar-refractivity contribution in [1.29, 1.82) is 0 Å². The van der Waals surface area contributed by atoms with Gasteiger partial charge in [0.25, 0.3) is 5.91 Å². The summed E-state index contributed by atoms with van der Waals surface area (Å²) in [5.74, 6) is -1.59. The summed E-state index contributed by atoms with van der Waals surface area (Å²) in [5, 5.41) is 11.3. The van der Waals surface area contributed by atoms with Gasteiger partial charge < -0.3 is 10.4 Å². The molecule has 7 heteroatoms. The first-order valence-electron chi connectivity index (χ1n) is 6.10. The Balaban J connectivity index is 2.69. The van der Waals surface area contributed by atoms with Crippen molar-refractivity contribution >= 4 is 21.7 Å². The molecule has 6 nitrogen and oxygen atoms in total. The monoisotopic (exact) mass is 299 g/mol. The van der Waals surface area contributed by atoms with Gasteiger partial charge in [0, 0.05) is 17.4 Å². The molecule has 1 aromatic rings. The average Bonchev–Trinajstić information content (AvgIpc) is 2.38. The summed E-state index contributed by atoms with van der Waals surface area (Å²) in [7, 11) is -3.16. The Labute approximate surface area is 117 Å². The number of rotatable bonds is 6. The maximum Gasteiger partial charge on any atom is 0.335 e. The van der Waals surface area contributed by atoms with Crippen molar-refractivity contribution in [3.63, 3.8) is 0 Å². The number of hydrogen-bond donors (Lipinski definition) is 2. The smallest absolute Gasteiger partial charge is 0.335 e. The van der Waals surface area contributed by atoms with Crippen LogP contribution in [0.3, 0.4) is 0 Å². The fourth-order valence-electron chi connectivity index (χ4n) is 1.61. The molecular weight excluding hydrogens is 282 g/mol. The van der Waals surface area contributed by atoms with Crippen LogP contribution >= 0.6 is 0 Å². The summed E-state index contributed by atoms with van der Waals surface area (Å²) in [5.41, 5.74) is 0.374. The molecule has 20 heavy (non-hydrogen) atoms. The lowest BCUT2D eigenvalue weighted by molar-refractivity contribution is 0.0696. The predicted octanol–water partition coefficient (Wildman–Crippen LogP) is 0.938. The quantitative estimate of drug-likeness (QED) is 0.814. The zero-order valence-corrected chi connectivity index (χ0v) is 12.1. The Bertz CT molecular complexity index is 592. The van der Waals surface area contributed by atoms with Gasteiger partial charge in [0.2, 0.25) is 0 Å².